The molecule has 120 valence electrons. The van der Waals surface area contributed by atoms with E-state index in [4.69, 9.17) is 11.6 Å². The summed E-state index contributed by atoms with van der Waals surface area (Å²) >= 11 is 5.89. The Morgan fingerprint density at radius 3 is 2.39 bits per heavy atom. The molecule has 0 aromatic heterocycles. The highest BCUT2D eigenvalue weighted by molar-refractivity contribution is 6.30. The summed E-state index contributed by atoms with van der Waals surface area (Å²) in [5, 5.41) is 6.40. The smallest absolute Gasteiger partial charge is 0.337 e. The number of benzene rings is 2. The molecule has 0 saturated carbocycles. The maximum absolute atomic E-state index is 12.2. The minimum Gasteiger partial charge on any atom is -0.465 e. The number of carbonyl (C=O) groups is 2. The summed E-state index contributed by atoms with van der Waals surface area (Å²) in [7, 11) is 1.33. The van der Waals surface area contributed by atoms with Crippen molar-refractivity contribution in [2.75, 3.05) is 17.7 Å². The second-order valence-electron chi connectivity index (χ2n) is 4.93. The summed E-state index contributed by atoms with van der Waals surface area (Å²) in [6.45, 7) is 1.74. The molecule has 23 heavy (non-hydrogen) atoms. The average Bonchev–Trinajstić information content (AvgIpc) is 2.54. The van der Waals surface area contributed by atoms with Crippen LogP contribution in [0.15, 0.2) is 48.5 Å². The van der Waals surface area contributed by atoms with Crippen molar-refractivity contribution in [1.29, 1.82) is 0 Å². The lowest BCUT2D eigenvalue weighted by atomic mass is 10.2. The third kappa shape index (κ3) is 4.72. The van der Waals surface area contributed by atoms with E-state index in [0.717, 1.165) is 5.69 Å². The Morgan fingerprint density at radius 2 is 1.78 bits per heavy atom. The Hall–Kier alpha value is -2.53. The fourth-order valence-electron chi connectivity index (χ4n) is 1.95. The van der Waals surface area contributed by atoms with E-state index in [0.29, 0.717) is 16.3 Å². The zero-order valence-electron chi connectivity index (χ0n) is 12.8. The molecule has 0 aliphatic rings. The monoisotopic (exact) mass is 332 g/mol. The van der Waals surface area contributed by atoms with E-state index in [2.05, 4.69) is 15.4 Å². The number of anilines is 2. The van der Waals surface area contributed by atoms with E-state index in [1.807, 2.05) is 0 Å². The molecular weight excluding hydrogens is 316 g/mol. The minimum atomic E-state index is -0.460. The summed E-state index contributed by atoms with van der Waals surface area (Å²) in [5.74, 6) is -0.590. The molecule has 0 bridgehead atoms. The number of hydrogen-bond acceptors (Lipinski definition) is 4. The zero-order chi connectivity index (χ0) is 16.8. The number of carbonyl (C=O) groups excluding carboxylic acids is 2. The summed E-state index contributed by atoms with van der Waals surface area (Å²) < 4.78 is 4.64. The number of halogens is 1. The first-order valence-electron chi connectivity index (χ1n) is 7.01. The lowest BCUT2D eigenvalue weighted by Crippen LogP contribution is -2.31. The van der Waals surface area contributed by atoms with Crippen molar-refractivity contribution in [2.24, 2.45) is 0 Å². The molecule has 0 spiro atoms. The van der Waals surface area contributed by atoms with Crippen LogP contribution in [0.25, 0.3) is 0 Å². The van der Waals surface area contributed by atoms with Gasteiger partial charge in [0.05, 0.1) is 12.7 Å². The maximum atomic E-state index is 12.2. The maximum Gasteiger partial charge on any atom is 0.337 e. The van der Waals surface area contributed by atoms with Crippen molar-refractivity contribution >= 4 is 34.9 Å². The second kappa shape index (κ2) is 7.65. The molecule has 2 aromatic carbocycles. The Labute approximate surface area is 139 Å². The van der Waals surface area contributed by atoms with Crippen LogP contribution < -0.4 is 10.6 Å². The van der Waals surface area contributed by atoms with Crippen molar-refractivity contribution in [1.82, 2.24) is 0 Å². The Kier molecular flexibility index (Phi) is 5.60. The van der Waals surface area contributed by atoms with Gasteiger partial charge in [0, 0.05) is 16.4 Å². The summed E-state index contributed by atoms with van der Waals surface area (Å²) in [4.78, 5) is 23.5. The predicted molar refractivity (Wildman–Crippen MR) is 90.9 cm³/mol. The third-order valence-corrected chi connectivity index (χ3v) is 3.41. The van der Waals surface area contributed by atoms with Gasteiger partial charge in [0.15, 0.2) is 0 Å². The number of hydrogen-bond donors (Lipinski definition) is 2. The topological polar surface area (TPSA) is 67.4 Å². The number of rotatable bonds is 5. The minimum absolute atomic E-state index is 0.190. The molecule has 0 heterocycles. The zero-order valence-corrected chi connectivity index (χ0v) is 13.6. The van der Waals surface area contributed by atoms with Crippen LogP contribution in [0.4, 0.5) is 11.4 Å². The Balaban J connectivity index is 1.96. The molecule has 2 N–H and O–H groups in total. The van der Waals surface area contributed by atoms with Gasteiger partial charge in [-0.05, 0) is 49.4 Å². The van der Waals surface area contributed by atoms with Gasteiger partial charge in [-0.25, -0.2) is 4.79 Å². The van der Waals surface area contributed by atoms with Gasteiger partial charge in [-0.1, -0.05) is 17.7 Å². The van der Waals surface area contributed by atoms with Crippen molar-refractivity contribution in [2.45, 2.75) is 13.0 Å². The molecule has 0 fully saturated rings. The fraction of sp³-hybridized carbons (Fsp3) is 0.176. The molecule has 2 aromatic rings. The summed E-state index contributed by atoms with van der Waals surface area (Å²) in [6.07, 6.45) is 0. The van der Waals surface area contributed by atoms with Gasteiger partial charge in [0.25, 0.3) is 0 Å². The van der Waals surface area contributed by atoms with E-state index in [1.165, 1.54) is 7.11 Å². The first-order valence-corrected chi connectivity index (χ1v) is 7.39. The van der Waals surface area contributed by atoms with Gasteiger partial charge in [-0.15, -0.1) is 0 Å². The Bertz CT molecular complexity index is 701. The van der Waals surface area contributed by atoms with Crippen LogP contribution in [0.1, 0.15) is 17.3 Å². The van der Waals surface area contributed by atoms with Gasteiger partial charge < -0.3 is 15.4 Å². The first kappa shape index (κ1) is 16.8. The number of amides is 1. The van der Waals surface area contributed by atoms with Gasteiger partial charge in [0.2, 0.25) is 5.91 Å². The van der Waals surface area contributed by atoms with E-state index < -0.39 is 12.0 Å². The lowest BCUT2D eigenvalue weighted by molar-refractivity contribution is -0.116. The van der Waals surface area contributed by atoms with Gasteiger partial charge in [0.1, 0.15) is 6.04 Å². The van der Waals surface area contributed by atoms with Gasteiger partial charge in [-0.3, -0.25) is 4.79 Å². The molecule has 0 saturated heterocycles. The van der Waals surface area contributed by atoms with Crippen molar-refractivity contribution in [3.8, 4) is 0 Å². The van der Waals surface area contributed by atoms with E-state index in [-0.39, 0.29) is 5.91 Å². The highest BCUT2D eigenvalue weighted by atomic mass is 35.5. The number of esters is 1. The van der Waals surface area contributed by atoms with Crippen LogP contribution in [0.5, 0.6) is 0 Å². The van der Waals surface area contributed by atoms with Crippen LogP contribution in [-0.4, -0.2) is 25.0 Å². The third-order valence-electron chi connectivity index (χ3n) is 3.17. The van der Waals surface area contributed by atoms with E-state index in [9.17, 15) is 9.59 Å². The number of ether oxygens (including phenoxy) is 1. The molecule has 2 rings (SSSR count). The van der Waals surface area contributed by atoms with Crippen molar-refractivity contribution < 1.29 is 14.3 Å². The Morgan fingerprint density at radius 1 is 1.09 bits per heavy atom. The van der Waals surface area contributed by atoms with Crippen LogP contribution in [0.2, 0.25) is 5.02 Å². The van der Waals surface area contributed by atoms with Crippen LogP contribution in [-0.2, 0) is 9.53 Å². The van der Waals surface area contributed by atoms with Gasteiger partial charge in [-0.2, -0.15) is 0 Å². The van der Waals surface area contributed by atoms with Crippen molar-refractivity contribution in [3.63, 3.8) is 0 Å². The second-order valence-corrected chi connectivity index (χ2v) is 5.37. The molecule has 0 aliphatic carbocycles. The number of nitrogens with one attached hydrogen (secondary N) is 2. The SMILES string of the molecule is COC(=O)c1ccc(N[C@@H](C)C(=O)Nc2cccc(Cl)c2)cc1. The molecule has 1 amide bonds. The normalized spacial score (nSPS) is 11.4. The standard InChI is InChI=1S/C17H17ClN2O3/c1-11(16(21)20-15-5-3-4-13(18)10-15)19-14-8-6-12(7-9-14)17(22)23-2/h3-11,19H,1-2H3,(H,20,21)/t11-/m0/s1. The van der Waals surface area contributed by atoms with E-state index >= 15 is 0 Å². The molecule has 0 aliphatic heterocycles. The van der Waals surface area contributed by atoms with Crippen LogP contribution in [0, 0.1) is 0 Å². The van der Waals surface area contributed by atoms with E-state index in [1.54, 1.807) is 55.5 Å². The van der Waals surface area contributed by atoms with Crippen molar-refractivity contribution in [3.05, 3.63) is 59.1 Å². The molecule has 6 heteroatoms. The lowest BCUT2D eigenvalue weighted by Gasteiger charge is -2.15. The molecular formula is C17H17ClN2O3. The highest BCUT2D eigenvalue weighted by Gasteiger charge is 2.13. The van der Waals surface area contributed by atoms with Gasteiger partial charge >= 0.3 is 5.97 Å². The predicted octanol–water partition coefficient (Wildman–Crippen LogP) is 3.57. The molecule has 5 nitrogen and oxygen atoms in total. The molecule has 0 radical (unpaired) electrons. The van der Waals surface area contributed by atoms with Crippen LogP contribution in [0.3, 0.4) is 0 Å². The summed E-state index contributed by atoms with van der Waals surface area (Å²) in [6, 6.07) is 13.2. The highest BCUT2D eigenvalue weighted by Crippen LogP contribution is 2.16. The van der Waals surface area contributed by atoms with Crippen LogP contribution >= 0.6 is 11.6 Å². The molecule has 0 unspecified atom stereocenters. The fourth-order valence-corrected chi connectivity index (χ4v) is 2.14. The summed E-state index contributed by atoms with van der Waals surface area (Å²) in [5.41, 5.74) is 1.82. The largest absolute Gasteiger partial charge is 0.465 e. The molecule has 1 atom stereocenters. The quantitative estimate of drug-likeness (QED) is 0.821. The number of methoxy groups -OCH3 is 1. The average molecular weight is 333 g/mol. The first-order chi connectivity index (χ1) is 11.0.